The number of nitrogens with zero attached hydrogens (tertiary/aromatic N) is 2. The second kappa shape index (κ2) is 5.57. The number of imidazole rings is 1. The van der Waals surface area contributed by atoms with E-state index in [2.05, 4.69) is 17.0 Å². The summed E-state index contributed by atoms with van der Waals surface area (Å²) in [5.41, 5.74) is 3.78. The van der Waals surface area contributed by atoms with E-state index in [1.54, 1.807) is 6.33 Å². The quantitative estimate of drug-likeness (QED) is 0.310. The minimum atomic E-state index is 0.149. The molecule has 1 aromatic heterocycles. The van der Waals surface area contributed by atoms with Crippen LogP contribution in [0.25, 0.3) is 0 Å². The molecule has 0 aromatic carbocycles. The molecule has 78 valence electrons. The van der Waals surface area contributed by atoms with E-state index in [1.165, 1.54) is 0 Å². The Morgan fingerprint density at radius 3 is 3.07 bits per heavy atom. The first-order valence-electron chi connectivity index (χ1n) is 4.82. The fourth-order valence-corrected chi connectivity index (χ4v) is 1.40. The molecule has 0 aliphatic heterocycles. The monoisotopic (exact) mass is 194 g/mol. The second-order valence-corrected chi connectivity index (χ2v) is 3.40. The Morgan fingerprint density at radius 2 is 2.57 bits per heavy atom. The summed E-state index contributed by atoms with van der Waals surface area (Å²) in [6.45, 7) is 3.69. The van der Waals surface area contributed by atoms with Crippen molar-refractivity contribution in [2.24, 2.45) is 12.9 Å². The van der Waals surface area contributed by atoms with Crippen LogP contribution >= 0.6 is 0 Å². The molecule has 0 saturated heterocycles. The molecule has 0 saturated carbocycles. The van der Waals surface area contributed by atoms with Crippen LogP contribution in [0.5, 0.6) is 0 Å². The van der Waals surface area contributed by atoms with E-state index in [1.807, 2.05) is 23.9 Å². The van der Waals surface area contributed by atoms with Crippen molar-refractivity contribution < 1.29 is 0 Å². The number of rotatable bonds is 6. The zero-order valence-corrected chi connectivity index (χ0v) is 8.61. The first-order valence-corrected chi connectivity index (χ1v) is 4.82. The van der Waals surface area contributed by atoms with Crippen LogP contribution in [-0.2, 0) is 7.05 Å². The number of unbranched alkanes of at least 4 members (excludes halogenated alkanes) is 1. The van der Waals surface area contributed by atoms with Gasteiger partial charge in [0.1, 0.15) is 0 Å². The van der Waals surface area contributed by atoms with Gasteiger partial charge in [0.05, 0.1) is 18.1 Å². The number of hydrazine groups is 1. The molecule has 14 heavy (non-hydrogen) atoms. The van der Waals surface area contributed by atoms with Crippen molar-refractivity contribution in [3.05, 3.63) is 30.9 Å². The normalized spacial score (nSPS) is 12.7. The summed E-state index contributed by atoms with van der Waals surface area (Å²) >= 11 is 0. The molecule has 4 nitrogen and oxygen atoms in total. The Morgan fingerprint density at radius 1 is 1.79 bits per heavy atom. The number of hydrogen-bond donors (Lipinski definition) is 2. The van der Waals surface area contributed by atoms with Gasteiger partial charge in [0.15, 0.2) is 0 Å². The maximum Gasteiger partial charge on any atom is 0.0947 e. The van der Waals surface area contributed by atoms with Gasteiger partial charge in [-0.15, -0.1) is 6.58 Å². The average Bonchev–Trinajstić information content (AvgIpc) is 2.60. The summed E-state index contributed by atoms with van der Waals surface area (Å²) in [7, 11) is 1.95. The fourth-order valence-electron chi connectivity index (χ4n) is 1.40. The van der Waals surface area contributed by atoms with Gasteiger partial charge in [0, 0.05) is 13.2 Å². The van der Waals surface area contributed by atoms with Crippen molar-refractivity contribution in [3.63, 3.8) is 0 Å². The van der Waals surface area contributed by atoms with Crippen molar-refractivity contribution >= 4 is 0 Å². The van der Waals surface area contributed by atoms with Crippen molar-refractivity contribution in [3.8, 4) is 0 Å². The molecule has 4 heteroatoms. The van der Waals surface area contributed by atoms with Gasteiger partial charge in [-0.2, -0.15) is 0 Å². The zero-order valence-electron chi connectivity index (χ0n) is 8.61. The molecule has 0 aliphatic rings. The molecule has 0 aliphatic carbocycles. The minimum Gasteiger partial charge on any atom is -0.340 e. The van der Waals surface area contributed by atoms with Crippen LogP contribution in [0.4, 0.5) is 0 Å². The molecule has 0 radical (unpaired) electrons. The second-order valence-electron chi connectivity index (χ2n) is 3.40. The summed E-state index contributed by atoms with van der Waals surface area (Å²) in [4.78, 5) is 4.26. The van der Waals surface area contributed by atoms with Gasteiger partial charge < -0.3 is 4.57 Å². The molecule has 1 unspecified atom stereocenters. The number of nitrogens with two attached hydrogens (primary N) is 1. The zero-order chi connectivity index (χ0) is 10.4. The van der Waals surface area contributed by atoms with Crippen LogP contribution < -0.4 is 11.3 Å². The van der Waals surface area contributed by atoms with Gasteiger partial charge in [0.2, 0.25) is 0 Å². The highest BCUT2D eigenvalue weighted by atomic mass is 15.2. The van der Waals surface area contributed by atoms with Crippen molar-refractivity contribution in [1.29, 1.82) is 0 Å². The highest BCUT2D eigenvalue weighted by molar-refractivity contribution is 5.02. The van der Waals surface area contributed by atoms with Crippen LogP contribution in [0.15, 0.2) is 25.2 Å². The molecule has 1 atom stereocenters. The Bertz CT molecular complexity index is 279. The van der Waals surface area contributed by atoms with E-state index >= 15 is 0 Å². The van der Waals surface area contributed by atoms with Crippen molar-refractivity contribution in [2.45, 2.75) is 25.3 Å². The lowest BCUT2D eigenvalue weighted by atomic mass is 10.1. The average molecular weight is 194 g/mol. The van der Waals surface area contributed by atoms with Gasteiger partial charge in [-0.25, -0.2) is 4.98 Å². The lowest BCUT2D eigenvalue weighted by Crippen LogP contribution is -2.28. The highest BCUT2D eigenvalue weighted by Gasteiger charge is 2.10. The van der Waals surface area contributed by atoms with Gasteiger partial charge in [-0.1, -0.05) is 6.08 Å². The number of hydrogen-bond acceptors (Lipinski definition) is 3. The number of aryl methyl sites for hydroxylation is 1. The Hall–Kier alpha value is -1.13. The molecule has 0 fully saturated rings. The maximum absolute atomic E-state index is 5.47. The molecule has 3 N–H and O–H groups in total. The summed E-state index contributed by atoms with van der Waals surface area (Å²) < 4.78 is 1.92. The van der Waals surface area contributed by atoms with Crippen LogP contribution in [0.1, 0.15) is 31.0 Å². The molecule has 0 spiro atoms. The van der Waals surface area contributed by atoms with E-state index in [0.717, 1.165) is 25.0 Å². The van der Waals surface area contributed by atoms with Crippen LogP contribution in [0, 0.1) is 0 Å². The Labute approximate surface area is 84.8 Å². The SMILES string of the molecule is C=CCCCC(NN)c1cn(C)cn1. The first-order chi connectivity index (χ1) is 6.77. The number of nitrogens with one attached hydrogen (secondary N) is 1. The minimum absolute atomic E-state index is 0.149. The van der Waals surface area contributed by atoms with E-state index in [4.69, 9.17) is 5.84 Å². The fraction of sp³-hybridized carbons (Fsp3) is 0.500. The predicted molar refractivity (Wildman–Crippen MR) is 57.3 cm³/mol. The predicted octanol–water partition coefficient (Wildman–Crippen LogP) is 1.28. The third-order valence-electron chi connectivity index (χ3n) is 2.18. The Balaban J connectivity index is 2.49. The van der Waals surface area contributed by atoms with E-state index in [9.17, 15) is 0 Å². The first kappa shape index (κ1) is 10.9. The van der Waals surface area contributed by atoms with E-state index in [-0.39, 0.29) is 6.04 Å². The number of aromatic nitrogens is 2. The van der Waals surface area contributed by atoms with E-state index in [0.29, 0.717) is 0 Å². The van der Waals surface area contributed by atoms with Gasteiger partial charge in [-0.05, 0) is 19.3 Å². The molecule has 0 bridgehead atoms. The highest BCUT2D eigenvalue weighted by Crippen LogP contribution is 2.16. The third kappa shape index (κ3) is 2.97. The summed E-state index contributed by atoms with van der Waals surface area (Å²) in [6.07, 6.45) is 8.77. The maximum atomic E-state index is 5.47. The molecular weight excluding hydrogens is 176 g/mol. The topological polar surface area (TPSA) is 55.9 Å². The summed E-state index contributed by atoms with van der Waals surface area (Å²) in [6, 6.07) is 0.149. The molecular formula is C10H18N4. The summed E-state index contributed by atoms with van der Waals surface area (Å²) in [5.74, 6) is 5.47. The van der Waals surface area contributed by atoms with E-state index < -0.39 is 0 Å². The van der Waals surface area contributed by atoms with Crippen LogP contribution in [-0.4, -0.2) is 9.55 Å². The van der Waals surface area contributed by atoms with Gasteiger partial charge in [-0.3, -0.25) is 11.3 Å². The van der Waals surface area contributed by atoms with Crippen molar-refractivity contribution in [2.75, 3.05) is 0 Å². The molecule has 1 heterocycles. The Kier molecular flexibility index (Phi) is 4.35. The van der Waals surface area contributed by atoms with Gasteiger partial charge in [0.25, 0.3) is 0 Å². The lowest BCUT2D eigenvalue weighted by molar-refractivity contribution is 0.491. The van der Waals surface area contributed by atoms with Crippen molar-refractivity contribution in [1.82, 2.24) is 15.0 Å². The summed E-state index contributed by atoms with van der Waals surface area (Å²) in [5, 5.41) is 0. The van der Waals surface area contributed by atoms with Gasteiger partial charge >= 0.3 is 0 Å². The number of allylic oxidation sites excluding steroid dienone is 1. The van der Waals surface area contributed by atoms with Crippen LogP contribution in [0.3, 0.4) is 0 Å². The van der Waals surface area contributed by atoms with Crippen LogP contribution in [0.2, 0.25) is 0 Å². The molecule has 1 rings (SSSR count). The third-order valence-corrected chi connectivity index (χ3v) is 2.18. The smallest absolute Gasteiger partial charge is 0.0947 e. The molecule has 0 amide bonds. The largest absolute Gasteiger partial charge is 0.340 e. The lowest BCUT2D eigenvalue weighted by Gasteiger charge is -2.12. The standard InChI is InChI=1S/C10H18N4/c1-3-4-5-6-9(13-11)10-7-14(2)8-12-10/h3,7-9,13H,1,4-6,11H2,2H3. The molecule has 1 aromatic rings.